The Kier molecular flexibility index (Phi) is 3.23. The number of nitrogens with zero attached hydrogens (tertiary/aromatic N) is 2. The number of hydrogen-bond donors (Lipinski definition) is 2. The van der Waals surface area contributed by atoms with E-state index in [0.717, 1.165) is 20.5 Å². The molecule has 2 N–H and O–H groups in total. The van der Waals surface area contributed by atoms with Gasteiger partial charge in [-0.2, -0.15) is 5.23 Å². The van der Waals surface area contributed by atoms with E-state index >= 15 is 0 Å². The van der Waals surface area contributed by atoms with Crippen molar-refractivity contribution in [2.45, 2.75) is 0 Å². The van der Waals surface area contributed by atoms with E-state index in [2.05, 4.69) is 27.6 Å². The Bertz CT molecular complexity index is 740. The van der Waals surface area contributed by atoms with Crippen LogP contribution in [0, 0.1) is 8.78 Å². The molecule has 0 radical (unpaired) electrons. The highest BCUT2D eigenvalue weighted by Gasteiger charge is 2.07. The molecule has 3 rings (SSSR count). The summed E-state index contributed by atoms with van der Waals surface area (Å²) in [6.07, 6.45) is 3.88. The molecule has 19 heavy (non-hydrogen) atoms. The van der Waals surface area contributed by atoms with Gasteiger partial charge < -0.3 is 9.61 Å². The van der Waals surface area contributed by atoms with Gasteiger partial charge in [0.15, 0.2) is 5.69 Å². The summed E-state index contributed by atoms with van der Waals surface area (Å²) < 4.78 is 3.05. The zero-order valence-electron chi connectivity index (χ0n) is 9.75. The molecule has 0 amide bonds. The minimum atomic E-state index is -0.930. The van der Waals surface area contributed by atoms with Crippen LogP contribution in [-0.2, 0) is 0 Å². The molecule has 6 heteroatoms. The highest BCUT2D eigenvalue weighted by molar-refractivity contribution is 14.1. The third kappa shape index (κ3) is 2.47. The molecule has 0 aliphatic heterocycles. The third-order valence-electron chi connectivity index (χ3n) is 2.82. The van der Waals surface area contributed by atoms with Crippen molar-refractivity contribution in [3.63, 3.8) is 0 Å². The molecule has 1 unspecified atom stereocenters. The lowest BCUT2D eigenvalue weighted by Crippen LogP contribution is -2.99. The number of aromatic nitrogens is 2. The molecule has 0 saturated carbocycles. The lowest BCUT2D eigenvalue weighted by molar-refractivity contribution is -0.991. The summed E-state index contributed by atoms with van der Waals surface area (Å²) in [5.41, 5.74) is 2.68. The molecule has 0 saturated heterocycles. The second-order valence-electron chi connectivity index (χ2n) is 4.12. The number of quaternary nitrogens is 1. The van der Waals surface area contributed by atoms with E-state index in [9.17, 15) is 5.21 Å². The van der Waals surface area contributed by atoms with Crippen molar-refractivity contribution in [3.05, 3.63) is 57.6 Å². The molecule has 2 aromatic heterocycles. The number of halogens is 1. The normalized spacial score (nSPS) is 12.8. The van der Waals surface area contributed by atoms with E-state index in [-0.39, 0.29) is 5.69 Å². The van der Waals surface area contributed by atoms with Gasteiger partial charge in [-0.25, -0.2) is 10.2 Å². The van der Waals surface area contributed by atoms with Crippen molar-refractivity contribution in [1.82, 2.24) is 9.38 Å². The standard InChI is InChI=1S/C13H10IN3O2/c14-10-4-5-13-15-12(8-16(13)7-10)9-2-1-3-11(6-9)17(18)19/h1-8,17-18H. The predicted molar refractivity (Wildman–Crippen MR) is 79.1 cm³/mol. The van der Waals surface area contributed by atoms with Crippen LogP contribution >= 0.6 is 22.6 Å². The van der Waals surface area contributed by atoms with Gasteiger partial charge in [0.2, 0.25) is 0 Å². The maximum absolute atomic E-state index is 11.0. The molecule has 1 aromatic carbocycles. The first-order chi connectivity index (χ1) is 9.13. The van der Waals surface area contributed by atoms with E-state index in [4.69, 9.17) is 5.21 Å². The Balaban J connectivity index is 2.11. The fourth-order valence-corrected chi connectivity index (χ4v) is 2.40. The Hall–Kier alpha value is -1.48. The average Bonchev–Trinajstić information content (AvgIpc) is 2.81. The van der Waals surface area contributed by atoms with Crippen LogP contribution in [0.2, 0.25) is 0 Å². The van der Waals surface area contributed by atoms with Crippen molar-refractivity contribution >= 4 is 33.9 Å². The topological polar surface area (TPSA) is 65.0 Å². The molecule has 2 heterocycles. The monoisotopic (exact) mass is 367 g/mol. The average molecular weight is 367 g/mol. The van der Waals surface area contributed by atoms with Gasteiger partial charge in [-0.1, -0.05) is 12.1 Å². The van der Waals surface area contributed by atoms with Crippen molar-refractivity contribution in [1.29, 1.82) is 0 Å². The SMILES string of the molecule is [O-][NH+](O)c1cccc(-c2cn3cc(I)ccc3n2)c1. The van der Waals surface area contributed by atoms with Gasteiger partial charge in [0.1, 0.15) is 5.65 Å². The smallest absolute Gasteiger partial charge is 0.164 e. The van der Waals surface area contributed by atoms with Crippen LogP contribution < -0.4 is 5.23 Å². The molecule has 0 spiro atoms. The highest BCUT2D eigenvalue weighted by Crippen LogP contribution is 2.21. The van der Waals surface area contributed by atoms with E-state index in [1.165, 1.54) is 0 Å². The number of hydrogen-bond acceptors (Lipinski definition) is 3. The summed E-state index contributed by atoms with van der Waals surface area (Å²) in [6.45, 7) is 0. The number of pyridine rings is 1. The van der Waals surface area contributed by atoms with Crippen LogP contribution in [0.25, 0.3) is 16.9 Å². The number of fused-ring (bicyclic) bond motifs is 1. The second kappa shape index (κ2) is 4.89. The van der Waals surface area contributed by atoms with Crippen molar-refractivity contribution in [2.75, 3.05) is 0 Å². The van der Waals surface area contributed by atoms with Gasteiger partial charge in [0.25, 0.3) is 0 Å². The molecule has 0 bridgehead atoms. The van der Waals surface area contributed by atoms with Crippen molar-refractivity contribution in [2.24, 2.45) is 0 Å². The molecule has 5 nitrogen and oxygen atoms in total. The Labute approximate surface area is 122 Å². The molecule has 0 fully saturated rings. The minimum absolute atomic E-state index is 0.268. The van der Waals surface area contributed by atoms with Gasteiger partial charge in [0, 0.05) is 33.7 Å². The maximum atomic E-state index is 11.0. The highest BCUT2D eigenvalue weighted by atomic mass is 127. The lowest BCUT2D eigenvalue weighted by atomic mass is 10.1. The van der Waals surface area contributed by atoms with Crippen molar-refractivity contribution < 1.29 is 10.4 Å². The summed E-state index contributed by atoms with van der Waals surface area (Å²) in [5, 5.41) is 19.1. The molecule has 3 aromatic rings. The molecular weight excluding hydrogens is 357 g/mol. The fraction of sp³-hybridized carbons (Fsp3) is 0. The van der Waals surface area contributed by atoms with E-state index in [1.807, 2.05) is 35.0 Å². The van der Waals surface area contributed by atoms with Gasteiger partial charge >= 0.3 is 0 Å². The molecule has 96 valence electrons. The molecular formula is C13H10IN3O2. The van der Waals surface area contributed by atoms with Crippen LogP contribution in [0.1, 0.15) is 0 Å². The number of nitrogens with one attached hydrogen (secondary N) is 1. The van der Waals surface area contributed by atoms with Crippen molar-refractivity contribution in [3.8, 4) is 11.3 Å². The third-order valence-corrected chi connectivity index (χ3v) is 3.46. The fourth-order valence-electron chi connectivity index (χ4n) is 1.92. The van der Waals surface area contributed by atoms with E-state index in [0.29, 0.717) is 0 Å². The Morgan fingerprint density at radius 2 is 2.05 bits per heavy atom. The maximum Gasteiger partial charge on any atom is 0.164 e. The van der Waals surface area contributed by atoms with Gasteiger partial charge in [-0.05, 0) is 34.7 Å². The Morgan fingerprint density at radius 3 is 2.84 bits per heavy atom. The summed E-state index contributed by atoms with van der Waals surface area (Å²) in [4.78, 5) is 4.49. The molecule has 1 atom stereocenters. The zero-order valence-corrected chi connectivity index (χ0v) is 11.9. The quantitative estimate of drug-likeness (QED) is 0.538. The number of rotatable bonds is 2. The first-order valence-corrected chi connectivity index (χ1v) is 6.69. The summed E-state index contributed by atoms with van der Waals surface area (Å²) >= 11 is 2.24. The van der Waals surface area contributed by atoms with E-state index < -0.39 is 5.23 Å². The second-order valence-corrected chi connectivity index (χ2v) is 5.37. The summed E-state index contributed by atoms with van der Waals surface area (Å²) in [6, 6.07) is 10.7. The largest absolute Gasteiger partial charge is 0.595 e. The number of benzene rings is 1. The van der Waals surface area contributed by atoms with E-state index in [1.54, 1.807) is 18.2 Å². The van der Waals surface area contributed by atoms with Crippen LogP contribution in [0.15, 0.2) is 48.8 Å². The van der Waals surface area contributed by atoms with Crippen LogP contribution in [0.4, 0.5) is 5.69 Å². The van der Waals surface area contributed by atoms with Crippen LogP contribution in [0.5, 0.6) is 0 Å². The number of imidazole rings is 1. The lowest BCUT2D eigenvalue weighted by Gasteiger charge is -2.11. The summed E-state index contributed by atoms with van der Waals surface area (Å²) in [7, 11) is 0. The first-order valence-electron chi connectivity index (χ1n) is 5.61. The van der Waals surface area contributed by atoms with Crippen LogP contribution in [-0.4, -0.2) is 14.6 Å². The first kappa shape index (κ1) is 12.5. The zero-order chi connectivity index (χ0) is 13.4. The van der Waals surface area contributed by atoms with Gasteiger partial charge in [0.05, 0.1) is 5.69 Å². The van der Waals surface area contributed by atoms with Crippen LogP contribution in [0.3, 0.4) is 0 Å². The Morgan fingerprint density at radius 1 is 1.21 bits per heavy atom. The molecule has 0 aliphatic rings. The van der Waals surface area contributed by atoms with Gasteiger partial charge in [-0.3, -0.25) is 0 Å². The predicted octanol–water partition coefficient (Wildman–Crippen LogP) is 2.01. The minimum Gasteiger partial charge on any atom is -0.595 e. The molecule has 0 aliphatic carbocycles. The van der Waals surface area contributed by atoms with Gasteiger partial charge in [-0.15, -0.1) is 0 Å². The summed E-state index contributed by atoms with van der Waals surface area (Å²) in [5.74, 6) is 0.